The van der Waals surface area contributed by atoms with Crippen molar-refractivity contribution < 1.29 is 9.59 Å². The fourth-order valence-electron chi connectivity index (χ4n) is 2.91. The Kier molecular flexibility index (Phi) is 10.4. The number of nitrogens with one attached hydrogen (secondary N) is 2. The van der Waals surface area contributed by atoms with E-state index in [2.05, 4.69) is 53.7 Å². The van der Waals surface area contributed by atoms with E-state index in [9.17, 15) is 9.59 Å². The first kappa shape index (κ1) is 23.4. The normalized spacial score (nSPS) is 16.0. The van der Waals surface area contributed by atoms with Crippen molar-refractivity contribution in [1.29, 1.82) is 0 Å². The molecule has 2 amide bonds. The maximum atomic E-state index is 11.8. The van der Waals surface area contributed by atoms with Crippen LogP contribution in [0.15, 0.2) is 29.3 Å². The molecule has 0 spiro atoms. The number of hydrogen-bond donors (Lipinski definition) is 2. The minimum atomic E-state index is -0.0713. The molecule has 1 aliphatic heterocycles. The zero-order chi connectivity index (χ0) is 18.9. The summed E-state index contributed by atoms with van der Waals surface area (Å²) in [6.45, 7) is 8.56. The Hall–Kier alpha value is -1.64. The average molecular weight is 486 g/mol. The van der Waals surface area contributed by atoms with Crippen LogP contribution in [0.25, 0.3) is 0 Å². The van der Waals surface area contributed by atoms with Gasteiger partial charge in [-0.2, -0.15) is 0 Å². The van der Waals surface area contributed by atoms with Gasteiger partial charge in [0.05, 0.1) is 0 Å². The summed E-state index contributed by atoms with van der Waals surface area (Å²) in [6.07, 6.45) is 1.60. The lowest BCUT2D eigenvalue weighted by atomic mass is 10.0. The predicted octanol–water partition coefficient (Wildman–Crippen LogP) is 2.81. The molecule has 0 saturated carbocycles. The summed E-state index contributed by atoms with van der Waals surface area (Å²) in [6, 6.07) is 8.52. The van der Waals surface area contributed by atoms with Crippen molar-refractivity contribution in [2.24, 2.45) is 4.99 Å². The number of carbonyl (C=O) groups excluding carboxylic acids is 2. The molecule has 150 valence electrons. The molecule has 0 aliphatic carbocycles. The van der Waals surface area contributed by atoms with Crippen molar-refractivity contribution in [1.82, 2.24) is 15.5 Å². The van der Waals surface area contributed by atoms with Crippen molar-refractivity contribution in [3.8, 4) is 0 Å². The first-order valence-corrected chi connectivity index (χ1v) is 9.43. The lowest BCUT2D eigenvalue weighted by molar-refractivity contribution is -0.147. The molecule has 1 fully saturated rings. The summed E-state index contributed by atoms with van der Waals surface area (Å²) in [5.41, 5.74) is 2.51. The Morgan fingerprint density at radius 2 is 1.78 bits per heavy atom. The van der Waals surface area contributed by atoms with E-state index in [-0.39, 0.29) is 35.8 Å². The zero-order valence-electron chi connectivity index (χ0n) is 16.5. The Morgan fingerprint density at radius 3 is 2.37 bits per heavy atom. The van der Waals surface area contributed by atoms with E-state index in [0.717, 1.165) is 6.54 Å². The minimum Gasteiger partial charge on any atom is -0.357 e. The Labute approximate surface area is 179 Å². The van der Waals surface area contributed by atoms with Gasteiger partial charge >= 0.3 is 0 Å². The van der Waals surface area contributed by atoms with Crippen molar-refractivity contribution in [3.05, 3.63) is 35.4 Å². The molecular formula is C20H31IN4O2. The summed E-state index contributed by atoms with van der Waals surface area (Å²) in [5, 5.41) is 6.43. The number of piperidine rings is 1. The van der Waals surface area contributed by atoms with Crippen LogP contribution in [0.2, 0.25) is 0 Å². The second-order valence-corrected chi connectivity index (χ2v) is 6.75. The van der Waals surface area contributed by atoms with Crippen molar-refractivity contribution in [3.63, 3.8) is 0 Å². The van der Waals surface area contributed by atoms with Crippen LogP contribution in [0.3, 0.4) is 0 Å². The first-order valence-electron chi connectivity index (χ1n) is 9.43. The maximum Gasteiger partial charge on any atom is 0.229 e. The van der Waals surface area contributed by atoms with Gasteiger partial charge in [0.25, 0.3) is 0 Å². The highest BCUT2D eigenvalue weighted by Gasteiger charge is 2.25. The van der Waals surface area contributed by atoms with Crippen molar-refractivity contribution >= 4 is 41.8 Å². The van der Waals surface area contributed by atoms with E-state index in [4.69, 9.17) is 0 Å². The first-order chi connectivity index (χ1) is 12.5. The standard InChI is InChI=1S/C20H30N4O2.HI/c1-4-21-20(22-12-13-24-18(25)6-5-7-19(24)26)23-14-16(3)17-10-8-15(2)9-11-17;/h8-11,16H,4-7,12-14H2,1-3H3,(H2,21,22,23);1H. The molecule has 2 N–H and O–H groups in total. The fraction of sp³-hybridized carbons (Fsp3) is 0.550. The number of amides is 2. The minimum absolute atomic E-state index is 0. The van der Waals surface area contributed by atoms with E-state index >= 15 is 0 Å². The second kappa shape index (κ2) is 11.9. The van der Waals surface area contributed by atoms with Gasteiger partial charge in [-0.3, -0.25) is 19.5 Å². The third-order valence-electron chi connectivity index (χ3n) is 4.53. The number of imide groups is 1. The number of nitrogens with zero attached hydrogens (tertiary/aromatic N) is 2. The molecule has 0 aromatic heterocycles. The van der Waals surface area contributed by atoms with Gasteiger partial charge in [-0.25, -0.2) is 0 Å². The number of likely N-dealkylation sites (tertiary alicyclic amines) is 1. The number of guanidine groups is 1. The monoisotopic (exact) mass is 486 g/mol. The van der Waals surface area contributed by atoms with Crippen LogP contribution in [0.1, 0.15) is 50.2 Å². The molecule has 0 radical (unpaired) electrons. The third kappa shape index (κ3) is 7.48. The van der Waals surface area contributed by atoms with Gasteiger partial charge in [0, 0.05) is 44.9 Å². The molecule has 1 aliphatic rings. The van der Waals surface area contributed by atoms with E-state index in [1.165, 1.54) is 16.0 Å². The molecule has 2 rings (SSSR count). The number of carbonyl (C=O) groups is 2. The lowest BCUT2D eigenvalue weighted by Crippen LogP contribution is -2.46. The van der Waals surface area contributed by atoms with E-state index in [1.807, 2.05) is 6.92 Å². The van der Waals surface area contributed by atoms with E-state index in [0.29, 0.717) is 50.8 Å². The van der Waals surface area contributed by atoms with Crippen molar-refractivity contribution in [2.45, 2.75) is 46.0 Å². The van der Waals surface area contributed by atoms with Gasteiger partial charge in [-0.1, -0.05) is 36.8 Å². The highest BCUT2D eigenvalue weighted by Crippen LogP contribution is 2.16. The number of benzene rings is 1. The fourth-order valence-corrected chi connectivity index (χ4v) is 2.91. The van der Waals surface area contributed by atoms with Crippen LogP contribution in [0, 0.1) is 6.92 Å². The summed E-state index contributed by atoms with van der Waals surface area (Å²) >= 11 is 0. The van der Waals surface area contributed by atoms with Crippen molar-refractivity contribution in [2.75, 3.05) is 26.2 Å². The molecule has 1 heterocycles. The molecule has 7 heteroatoms. The molecule has 1 saturated heterocycles. The maximum absolute atomic E-state index is 11.8. The van der Waals surface area contributed by atoms with Crippen LogP contribution in [-0.2, 0) is 9.59 Å². The number of aliphatic imine (C=N–C) groups is 1. The van der Waals surface area contributed by atoms with Crippen LogP contribution < -0.4 is 10.6 Å². The third-order valence-corrected chi connectivity index (χ3v) is 4.53. The molecule has 0 bridgehead atoms. The van der Waals surface area contributed by atoms with Crippen LogP contribution in [-0.4, -0.2) is 48.9 Å². The SMILES string of the molecule is CCNC(=NCC(C)c1ccc(C)cc1)NCCN1C(=O)CCCC1=O.I. The number of hydrogen-bond acceptors (Lipinski definition) is 3. The highest BCUT2D eigenvalue weighted by atomic mass is 127. The van der Waals surface area contributed by atoms with Gasteiger partial charge in [-0.05, 0) is 25.8 Å². The summed E-state index contributed by atoms with van der Waals surface area (Å²) in [7, 11) is 0. The largest absolute Gasteiger partial charge is 0.357 e. The smallest absolute Gasteiger partial charge is 0.229 e. The van der Waals surface area contributed by atoms with E-state index in [1.54, 1.807) is 0 Å². The van der Waals surface area contributed by atoms with Crippen LogP contribution >= 0.6 is 24.0 Å². The Morgan fingerprint density at radius 1 is 1.15 bits per heavy atom. The molecule has 1 aromatic carbocycles. The van der Waals surface area contributed by atoms with Gasteiger partial charge < -0.3 is 10.6 Å². The number of halogens is 1. The zero-order valence-corrected chi connectivity index (χ0v) is 18.8. The quantitative estimate of drug-likeness (QED) is 0.269. The molecule has 1 atom stereocenters. The van der Waals surface area contributed by atoms with Gasteiger partial charge in [0.1, 0.15) is 0 Å². The second-order valence-electron chi connectivity index (χ2n) is 6.75. The molecule has 27 heavy (non-hydrogen) atoms. The highest BCUT2D eigenvalue weighted by molar-refractivity contribution is 14.0. The van der Waals surface area contributed by atoms with Gasteiger partial charge in [0.2, 0.25) is 11.8 Å². The van der Waals surface area contributed by atoms with E-state index < -0.39 is 0 Å². The summed E-state index contributed by atoms with van der Waals surface area (Å²) < 4.78 is 0. The summed E-state index contributed by atoms with van der Waals surface area (Å²) in [5.74, 6) is 0.885. The lowest BCUT2D eigenvalue weighted by Gasteiger charge is -2.25. The predicted molar refractivity (Wildman–Crippen MR) is 120 cm³/mol. The molecule has 1 unspecified atom stereocenters. The number of aryl methyl sites for hydroxylation is 1. The molecular weight excluding hydrogens is 455 g/mol. The van der Waals surface area contributed by atoms with Crippen LogP contribution in [0.4, 0.5) is 0 Å². The average Bonchev–Trinajstić information content (AvgIpc) is 2.62. The van der Waals surface area contributed by atoms with Gasteiger partial charge in [0.15, 0.2) is 5.96 Å². The molecule has 6 nitrogen and oxygen atoms in total. The summed E-state index contributed by atoms with van der Waals surface area (Å²) in [4.78, 5) is 29.7. The topological polar surface area (TPSA) is 73.8 Å². The molecule has 1 aromatic rings. The Balaban J connectivity index is 0.00000364. The van der Waals surface area contributed by atoms with Crippen LogP contribution in [0.5, 0.6) is 0 Å². The Bertz CT molecular complexity index is 630. The number of rotatable bonds is 7. The van der Waals surface area contributed by atoms with Gasteiger partial charge in [-0.15, -0.1) is 24.0 Å².